The topological polar surface area (TPSA) is 58.6 Å². The van der Waals surface area contributed by atoms with E-state index in [4.69, 9.17) is 4.74 Å². The lowest BCUT2D eigenvalue weighted by molar-refractivity contribution is -0.124. The van der Waals surface area contributed by atoms with Crippen molar-refractivity contribution in [1.82, 2.24) is 10.2 Å². The normalized spacial score (nSPS) is 18.7. The molecule has 0 atom stereocenters. The zero-order chi connectivity index (χ0) is 21.1. The standard InChI is InChI=1S/C23H22BrFN2O3/c24-19-12-15(9-10-21(19)30-14-16-5-4-6-17(25)11-16)13-20-22(28)27(23(29)26-20)18-7-2-1-3-8-18/h4-6,9-13,18H,1-3,7-8,14H2,(H,26,29)/b20-13-. The molecule has 0 radical (unpaired) electrons. The number of benzene rings is 2. The van der Waals surface area contributed by atoms with Crippen molar-refractivity contribution in [2.24, 2.45) is 0 Å². The van der Waals surface area contributed by atoms with Crippen molar-refractivity contribution in [3.05, 3.63) is 69.6 Å². The number of nitrogens with one attached hydrogen (secondary N) is 1. The van der Waals surface area contributed by atoms with Gasteiger partial charge in [0.2, 0.25) is 0 Å². The number of nitrogens with zero attached hydrogens (tertiary/aromatic N) is 1. The van der Waals surface area contributed by atoms with Gasteiger partial charge in [0.05, 0.1) is 4.47 Å². The molecule has 2 aromatic rings. The summed E-state index contributed by atoms with van der Waals surface area (Å²) in [6.45, 7) is 0.238. The van der Waals surface area contributed by atoms with Crippen molar-refractivity contribution in [3.63, 3.8) is 0 Å². The highest BCUT2D eigenvalue weighted by Gasteiger charge is 2.38. The molecule has 3 amide bonds. The number of imide groups is 1. The van der Waals surface area contributed by atoms with Gasteiger partial charge in [-0.2, -0.15) is 0 Å². The number of rotatable bonds is 5. The Morgan fingerprint density at radius 3 is 2.67 bits per heavy atom. The second-order valence-corrected chi connectivity index (χ2v) is 8.42. The van der Waals surface area contributed by atoms with Crippen LogP contribution in [-0.2, 0) is 11.4 Å². The molecule has 30 heavy (non-hydrogen) atoms. The van der Waals surface area contributed by atoms with Gasteiger partial charge < -0.3 is 10.1 Å². The van der Waals surface area contributed by atoms with Crippen LogP contribution < -0.4 is 10.1 Å². The molecule has 1 aliphatic carbocycles. The van der Waals surface area contributed by atoms with Crippen LogP contribution in [0.2, 0.25) is 0 Å². The molecule has 1 saturated carbocycles. The van der Waals surface area contributed by atoms with E-state index in [1.165, 1.54) is 17.0 Å². The van der Waals surface area contributed by atoms with E-state index in [0.717, 1.165) is 43.2 Å². The number of carbonyl (C=O) groups is 2. The van der Waals surface area contributed by atoms with Gasteiger partial charge in [-0.3, -0.25) is 9.69 Å². The number of hydrogen-bond donors (Lipinski definition) is 1. The lowest BCUT2D eigenvalue weighted by Crippen LogP contribution is -2.41. The van der Waals surface area contributed by atoms with Gasteiger partial charge in [-0.25, -0.2) is 9.18 Å². The fourth-order valence-corrected chi connectivity index (χ4v) is 4.41. The van der Waals surface area contributed by atoms with E-state index in [-0.39, 0.29) is 36.1 Å². The maximum atomic E-state index is 13.3. The Morgan fingerprint density at radius 1 is 1.13 bits per heavy atom. The molecular weight excluding hydrogens is 451 g/mol. The summed E-state index contributed by atoms with van der Waals surface area (Å²) in [6.07, 6.45) is 6.66. The van der Waals surface area contributed by atoms with Gasteiger partial charge in [0.1, 0.15) is 23.9 Å². The molecule has 1 N–H and O–H groups in total. The van der Waals surface area contributed by atoms with Gasteiger partial charge in [0.15, 0.2) is 0 Å². The van der Waals surface area contributed by atoms with Crippen LogP contribution in [0.4, 0.5) is 9.18 Å². The van der Waals surface area contributed by atoms with Crippen molar-refractivity contribution in [2.45, 2.75) is 44.8 Å². The van der Waals surface area contributed by atoms with E-state index >= 15 is 0 Å². The first kappa shape index (κ1) is 20.6. The van der Waals surface area contributed by atoms with Crippen molar-refractivity contribution in [3.8, 4) is 5.75 Å². The Balaban J connectivity index is 1.45. The fraction of sp³-hybridized carbons (Fsp3) is 0.304. The van der Waals surface area contributed by atoms with Gasteiger partial charge in [0.25, 0.3) is 5.91 Å². The zero-order valence-corrected chi connectivity index (χ0v) is 18.0. The highest BCUT2D eigenvalue weighted by molar-refractivity contribution is 9.10. The van der Waals surface area contributed by atoms with Crippen LogP contribution >= 0.6 is 15.9 Å². The molecular formula is C23H22BrFN2O3. The Hall–Kier alpha value is -2.67. The van der Waals surface area contributed by atoms with Crippen molar-refractivity contribution in [1.29, 1.82) is 0 Å². The molecule has 1 aliphatic heterocycles. The lowest BCUT2D eigenvalue weighted by Gasteiger charge is -2.28. The average Bonchev–Trinajstić information content (AvgIpc) is 3.01. The molecule has 4 rings (SSSR count). The first-order valence-electron chi connectivity index (χ1n) is 10.0. The van der Waals surface area contributed by atoms with Crippen LogP contribution in [0.1, 0.15) is 43.2 Å². The van der Waals surface area contributed by atoms with Crippen LogP contribution in [0.25, 0.3) is 6.08 Å². The SMILES string of the molecule is O=C1N/C(=C\c2ccc(OCc3cccc(F)c3)c(Br)c2)C(=O)N1C1CCCCC1. The number of amides is 3. The summed E-state index contributed by atoms with van der Waals surface area (Å²) >= 11 is 3.47. The minimum atomic E-state index is -0.340. The summed E-state index contributed by atoms with van der Waals surface area (Å²) in [5.74, 6) is 0.0316. The highest BCUT2D eigenvalue weighted by Crippen LogP contribution is 2.30. The quantitative estimate of drug-likeness (QED) is 0.468. The van der Waals surface area contributed by atoms with Crippen LogP contribution in [0.3, 0.4) is 0 Å². The third-order valence-corrected chi connectivity index (χ3v) is 6.02. The summed E-state index contributed by atoms with van der Waals surface area (Å²) in [6, 6.07) is 11.3. The molecule has 1 saturated heterocycles. The molecule has 1 heterocycles. The molecule has 0 aromatic heterocycles. The summed E-state index contributed by atoms with van der Waals surface area (Å²) in [7, 11) is 0. The van der Waals surface area contributed by atoms with Crippen molar-refractivity contribution >= 4 is 33.9 Å². The maximum absolute atomic E-state index is 13.3. The molecule has 5 nitrogen and oxygen atoms in total. The molecule has 0 bridgehead atoms. The van der Waals surface area contributed by atoms with E-state index < -0.39 is 0 Å². The predicted molar refractivity (Wildman–Crippen MR) is 115 cm³/mol. The van der Waals surface area contributed by atoms with Crippen LogP contribution in [0, 0.1) is 5.82 Å². The maximum Gasteiger partial charge on any atom is 0.329 e. The second kappa shape index (κ2) is 9.00. The summed E-state index contributed by atoms with van der Waals surface area (Å²) in [5, 5.41) is 2.70. The molecule has 2 aromatic carbocycles. The summed E-state index contributed by atoms with van der Waals surface area (Å²) in [5.41, 5.74) is 1.77. The van der Waals surface area contributed by atoms with E-state index in [0.29, 0.717) is 10.2 Å². The smallest absolute Gasteiger partial charge is 0.329 e. The number of hydrogen-bond acceptors (Lipinski definition) is 3. The third kappa shape index (κ3) is 4.56. The zero-order valence-electron chi connectivity index (χ0n) is 16.4. The molecule has 0 unspecified atom stereocenters. The number of carbonyl (C=O) groups excluding carboxylic acids is 2. The average molecular weight is 473 g/mol. The Morgan fingerprint density at radius 2 is 1.93 bits per heavy atom. The van der Waals surface area contributed by atoms with Crippen molar-refractivity contribution < 1.29 is 18.7 Å². The lowest BCUT2D eigenvalue weighted by atomic mass is 9.94. The number of ether oxygens (including phenoxy) is 1. The highest BCUT2D eigenvalue weighted by atomic mass is 79.9. The van der Waals surface area contributed by atoms with E-state index in [1.807, 2.05) is 6.07 Å². The van der Waals surface area contributed by atoms with E-state index in [2.05, 4.69) is 21.2 Å². The fourth-order valence-electron chi connectivity index (χ4n) is 3.90. The molecule has 7 heteroatoms. The van der Waals surface area contributed by atoms with Gasteiger partial charge in [-0.05, 0) is 70.2 Å². The van der Waals surface area contributed by atoms with Gasteiger partial charge in [-0.15, -0.1) is 0 Å². The van der Waals surface area contributed by atoms with Crippen molar-refractivity contribution in [2.75, 3.05) is 0 Å². The Kier molecular flexibility index (Phi) is 6.18. The Bertz CT molecular complexity index is 1000. The second-order valence-electron chi connectivity index (χ2n) is 7.56. The molecule has 2 aliphatic rings. The van der Waals surface area contributed by atoms with Gasteiger partial charge >= 0.3 is 6.03 Å². The molecule has 2 fully saturated rings. The first-order valence-corrected chi connectivity index (χ1v) is 10.8. The van der Waals surface area contributed by atoms with E-state index in [9.17, 15) is 14.0 Å². The number of halogens is 2. The first-order chi connectivity index (χ1) is 14.5. The predicted octanol–water partition coefficient (Wildman–Crippen LogP) is 5.39. The van der Waals surface area contributed by atoms with Gasteiger partial charge in [0, 0.05) is 6.04 Å². The minimum absolute atomic E-state index is 0.0116. The number of urea groups is 1. The monoisotopic (exact) mass is 472 g/mol. The Labute approximate surface area is 183 Å². The molecule has 0 spiro atoms. The third-order valence-electron chi connectivity index (χ3n) is 5.40. The minimum Gasteiger partial charge on any atom is -0.488 e. The largest absolute Gasteiger partial charge is 0.488 e. The van der Waals surface area contributed by atoms with Crippen LogP contribution in [0.5, 0.6) is 5.75 Å². The van der Waals surface area contributed by atoms with E-state index in [1.54, 1.807) is 30.3 Å². The van der Waals surface area contributed by atoms with Crippen LogP contribution in [0.15, 0.2) is 52.6 Å². The van der Waals surface area contributed by atoms with Gasteiger partial charge in [-0.1, -0.05) is 37.5 Å². The summed E-state index contributed by atoms with van der Waals surface area (Å²) in [4.78, 5) is 26.5. The summed E-state index contributed by atoms with van der Waals surface area (Å²) < 4.78 is 19.8. The van der Waals surface area contributed by atoms with Crippen LogP contribution in [-0.4, -0.2) is 22.9 Å². The molecule has 156 valence electrons.